The molecule has 0 aliphatic carbocycles. The number of aromatic nitrogens is 2. The molecule has 1 aromatic heterocycles. The van der Waals surface area contributed by atoms with Gasteiger partial charge >= 0.3 is 0 Å². The van der Waals surface area contributed by atoms with Crippen LogP contribution in [0.25, 0.3) is 0 Å². The molecular formula is C13H16N2S. The summed E-state index contributed by atoms with van der Waals surface area (Å²) in [6.07, 6.45) is 2.13. The minimum Gasteiger partial charge on any atom is -0.272 e. The summed E-state index contributed by atoms with van der Waals surface area (Å²) in [4.78, 5) is 1.28. The van der Waals surface area contributed by atoms with E-state index in [0.29, 0.717) is 0 Å². The first-order valence-corrected chi connectivity index (χ1v) is 6.49. The van der Waals surface area contributed by atoms with E-state index in [2.05, 4.69) is 55.5 Å². The lowest BCUT2D eigenvalue weighted by molar-refractivity contribution is 0.653. The topological polar surface area (TPSA) is 17.8 Å². The van der Waals surface area contributed by atoms with Crippen molar-refractivity contribution in [2.24, 2.45) is 0 Å². The van der Waals surface area contributed by atoms with Gasteiger partial charge in [0.05, 0.1) is 5.69 Å². The second-order valence-corrected chi connectivity index (χ2v) is 4.73. The van der Waals surface area contributed by atoms with Gasteiger partial charge in [0.2, 0.25) is 0 Å². The molecule has 3 heteroatoms. The van der Waals surface area contributed by atoms with Gasteiger partial charge in [-0.1, -0.05) is 30.3 Å². The van der Waals surface area contributed by atoms with Crippen molar-refractivity contribution in [3.8, 4) is 0 Å². The minimum absolute atomic E-state index is 0.937. The van der Waals surface area contributed by atoms with Crippen LogP contribution in [0, 0.1) is 6.92 Å². The van der Waals surface area contributed by atoms with Crippen molar-refractivity contribution < 1.29 is 0 Å². The molecule has 0 N–H and O–H groups in total. The number of hydrogen-bond donors (Lipinski definition) is 0. The fraction of sp³-hybridized carbons (Fsp3) is 0.308. The molecular weight excluding hydrogens is 216 g/mol. The highest BCUT2D eigenvalue weighted by Gasteiger charge is 2.04. The Kier molecular flexibility index (Phi) is 3.67. The molecule has 16 heavy (non-hydrogen) atoms. The van der Waals surface area contributed by atoms with Crippen molar-refractivity contribution >= 4 is 11.8 Å². The van der Waals surface area contributed by atoms with Crippen LogP contribution in [0.5, 0.6) is 0 Å². The van der Waals surface area contributed by atoms with Crippen LogP contribution in [0.2, 0.25) is 0 Å². The molecule has 0 amide bonds. The summed E-state index contributed by atoms with van der Waals surface area (Å²) in [6, 6.07) is 10.5. The Morgan fingerprint density at radius 1 is 1.25 bits per heavy atom. The zero-order chi connectivity index (χ0) is 11.4. The fourth-order valence-electron chi connectivity index (χ4n) is 1.54. The zero-order valence-electron chi connectivity index (χ0n) is 9.68. The van der Waals surface area contributed by atoms with E-state index in [1.54, 1.807) is 0 Å². The summed E-state index contributed by atoms with van der Waals surface area (Å²) in [5, 5.41) is 4.44. The van der Waals surface area contributed by atoms with E-state index < -0.39 is 0 Å². The Bertz CT molecular complexity index is 448. The molecule has 2 aromatic rings. The van der Waals surface area contributed by atoms with Gasteiger partial charge in [0.25, 0.3) is 0 Å². The van der Waals surface area contributed by atoms with Crippen LogP contribution in [0.1, 0.15) is 18.2 Å². The predicted molar refractivity (Wildman–Crippen MR) is 68.6 cm³/mol. The van der Waals surface area contributed by atoms with Gasteiger partial charge in [0.15, 0.2) is 0 Å². The number of thioether (sulfide) groups is 1. The maximum Gasteiger partial charge on any atom is 0.0729 e. The molecule has 84 valence electrons. The lowest BCUT2D eigenvalue weighted by Gasteiger charge is -1.99. The van der Waals surface area contributed by atoms with Crippen LogP contribution in [0.15, 0.2) is 41.4 Å². The normalized spacial score (nSPS) is 10.6. The summed E-state index contributed by atoms with van der Waals surface area (Å²) in [5.74, 6) is 1.01. The van der Waals surface area contributed by atoms with Crippen molar-refractivity contribution in [3.05, 3.63) is 47.8 Å². The predicted octanol–water partition coefficient (Wildman–Crippen LogP) is 3.50. The number of hydrogen-bond acceptors (Lipinski definition) is 2. The molecule has 1 aromatic carbocycles. The molecule has 0 aliphatic heterocycles. The molecule has 0 unspecified atom stereocenters. The molecule has 0 atom stereocenters. The maximum atomic E-state index is 4.44. The van der Waals surface area contributed by atoms with Crippen molar-refractivity contribution in [1.29, 1.82) is 0 Å². The number of aryl methyl sites for hydroxylation is 2. The first-order valence-electron chi connectivity index (χ1n) is 5.50. The lowest BCUT2D eigenvalue weighted by atomic mass is 10.2. The smallest absolute Gasteiger partial charge is 0.0729 e. The van der Waals surface area contributed by atoms with E-state index in [4.69, 9.17) is 0 Å². The van der Waals surface area contributed by atoms with Gasteiger partial charge in [-0.15, -0.1) is 11.8 Å². The van der Waals surface area contributed by atoms with Crippen LogP contribution in [0.4, 0.5) is 0 Å². The van der Waals surface area contributed by atoms with Crippen LogP contribution < -0.4 is 0 Å². The summed E-state index contributed by atoms with van der Waals surface area (Å²) in [6.45, 7) is 5.12. The zero-order valence-corrected chi connectivity index (χ0v) is 10.5. The molecule has 0 bridgehead atoms. The van der Waals surface area contributed by atoms with Gasteiger partial charge in [-0.05, 0) is 19.4 Å². The highest BCUT2D eigenvalue weighted by Crippen LogP contribution is 2.25. The maximum absolute atomic E-state index is 4.44. The first-order chi connectivity index (χ1) is 7.79. The van der Waals surface area contributed by atoms with Crippen molar-refractivity contribution in [1.82, 2.24) is 9.78 Å². The number of rotatable bonds is 4. The van der Waals surface area contributed by atoms with E-state index in [1.807, 2.05) is 16.4 Å². The molecule has 2 rings (SSSR count). The van der Waals surface area contributed by atoms with Crippen LogP contribution in [-0.2, 0) is 12.3 Å². The van der Waals surface area contributed by atoms with E-state index in [0.717, 1.165) is 18.0 Å². The lowest BCUT2D eigenvalue weighted by Crippen LogP contribution is -1.93. The molecule has 2 nitrogen and oxygen atoms in total. The van der Waals surface area contributed by atoms with Gasteiger partial charge in [0.1, 0.15) is 0 Å². The van der Waals surface area contributed by atoms with Crippen LogP contribution >= 0.6 is 11.8 Å². The first kappa shape index (κ1) is 11.3. The van der Waals surface area contributed by atoms with E-state index >= 15 is 0 Å². The van der Waals surface area contributed by atoms with Crippen molar-refractivity contribution in [2.75, 3.05) is 0 Å². The average Bonchev–Trinajstić information content (AvgIpc) is 2.69. The summed E-state index contributed by atoms with van der Waals surface area (Å²) in [5.41, 5.74) is 2.49. The molecule has 0 saturated heterocycles. The summed E-state index contributed by atoms with van der Waals surface area (Å²) >= 11 is 1.85. The second-order valence-electron chi connectivity index (χ2n) is 3.71. The number of benzene rings is 1. The fourth-order valence-corrected chi connectivity index (χ4v) is 2.50. The van der Waals surface area contributed by atoms with E-state index in [1.165, 1.54) is 10.5 Å². The minimum atomic E-state index is 0.937. The van der Waals surface area contributed by atoms with Crippen LogP contribution in [0.3, 0.4) is 0 Å². The second kappa shape index (κ2) is 5.21. The van der Waals surface area contributed by atoms with Gasteiger partial charge < -0.3 is 0 Å². The Morgan fingerprint density at radius 2 is 2.00 bits per heavy atom. The summed E-state index contributed by atoms with van der Waals surface area (Å²) in [7, 11) is 0. The standard InChI is InChI=1S/C13H16N2S/c1-3-15-9-13(11(2)14-15)16-10-12-7-5-4-6-8-12/h4-9H,3,10H2,1-2H3. The van der Waals surface area contributed by atoms with E-state index in [-0.39, 0.29) is 0 Å². The third-order valence-corrected chi connectivity index (χ3v) is 3.65. The van der Waals surface area contributed by atoms with Gasteiger partial charge in [-0.2, -0.15) is 5.10 Å². The highest BCUT2D eigenvalue weighted by atomic mass is 32.2. The monoisotopic (exact) mass is 232 g/mol. The molecule has 0 radical (unpaired) electrons. The molecule has 0 fully saturated rings. The van der Waals surface area contributed by atoms with Crippen molar-refractivity contribution in [3.63, 3.8) is 0 Å². The average molecular weight is 232 g/mol. The van der Waals surface area contributed by atoms with Gasteiger partial charge in [0, 0.05) is 23.4 Å². The highest BCUT2D eigenvalue weighted by molar-refractivity contribution is 7.98. The molecule has 0 spiro atoms. The Morgan fingerprint density at radius 3 is 2.62 bits per heavy atom. The third kappa shape index (κ3) is 2.67. The SMILES string of the molecule is CCn1cc(SCc2ccccc2)c(C)n1. The largest absolute Gasteiger partial charge is 0.272 e. The van der Waals surface area contributed by atoms with Crippen LogP contribution in [-0.4, -0.2) is 9.78 Å². The van der Waals surface area contributed by atoms with Gasteiger partial charge in [-0.25, -0.2) is 0 Å². The Balaban J connectivity index is 2.02. The number of nitrogens with zero attached hydrogens (tertiary/aromatic N) is 2. The molecule has 0 saturated carbocycles. The molecule has 0 aliphatic rings. The molecule has 1 heterocycles. The van der Waals surface area contributed by atoms with E-state index in [9.17, 15) is 0 Å². The summed E-state index contributed by atoms with van der Waals surface area (Å²) < 4.78 is 1.99. The van der Waals surface area contributed by atoms with Gasteiger partial charge in [-0.3, -0.25) is 4.68 Å². The Hall–Kier alpha value is -1.22. The quantitative estimate of drug-likeness (QED) is 0.751. The Labute approximate surface area is 101 Å². The van der Waals surface area contributed by atoms with Crippen molar-refractivity contribution in [2.45, 2.75) is 31.0 Å². The third-order valence-electron chi connectivity index (χ3n) is 2.46.